The van der Waals surface area contributed by atoms with Gasteiger partial charge in [-0.15, -0.1) is 0 Å². The molecule has 0 amide bonds. The van der Waals surface area contributed by atoms with Crippen molar-refractivity contribution in [1.82, 2.24) is 4.90 Å². The average molecular weight is 464 g/mol. The number of aliphatic hydroxyl groups is 1. The molecule has 2 radical (unpaired) electrons. The van der Waals surface area contributed by atoms with Gasteiger partial charge in [0, 0.05) is 12.0 Å². The van der Waals surface area contributed by atoms with E-state index in [1.54, 1.807) is 0 Å². The summed E-state index contributed by atoms with van der Waals surface area (Å²) in [6.07, 6.45) is 28.2. The molecule has 4 heteroatoms. The number of rotatable bonds is 24. The summed E-state index contributed by atoms with van der Waals surface area (Å²) in [5, 5.41) is 9.79. The Morgan fingerprint density at radius 2 is 1.00 bits per heavy atom. The molecule has 1 aliphatic heterocycles. The Bertz CT molecular complexity index is 385. The lowest BCUT2D eigenvalue weighted by molar-refractivity contribution is 0.00893. The maximum atomic E-state index is 9.79. The molecule has 0 spiro atoms. The Morgan fingerprint density at radius 3 is 1.36 bits per heavy atom. The Balaban J connectivity index is 2.20. The van der Waals surface area contributed by atoms with Gasteiger partial charge in [-0.05, 0) is 32.4 Å². The van der Waals surface area contributed by atoms with E-state index in [0.29, 0.717) is 6.04 Å². The molecule has 3 atom stereocenters. The van der Waals surface area contributed by atoms with Crippen molar-refractivity contribution in [2.75, 3.05) is 19.7 Å². The molecule has 0 aromatic carbocycles. The van der Waals surface area contributed by atoms with Gasteiger partial charge in [-0.1, -0.05) is 129 Å². The van der Waals surface area contributed by atoms with E-state index < -0.39 is 0 Å². The smallest absolute Gasteiger partial charge is 0.109 e. The quantitative estimate of drug-likeness (QED) is 0.117. The summed E-state index contributed by atoms with van der Waals surface area (Å²) < 4.78 is 5.79. The van der Waals surface area contributed by atoms with Crippen LogP contribution in [0.1, 0.15) is 149 Å². The van der Waals surface area contributed by atoms with Crippen LogP contribution in [0.3, 0.4) is 0 Å². The highest BCUT2D eigenvalue weighted by molar-refractivity contribution is 6.11. The van der Waals surface area contributed by atoms with Gasteiger partial charge in [-0.25, -0.2) is 0 Å². The van der Waals surface area contributed by atoms with Crippen molar-refractivity contribution in [3.05, 3.63) is 0 Å². The van der Waals surface area contributed by atoms with Gasteiger partial charge in [0.2, 0.25) is 0 Å². The third-order valence-corrected chi connectivity index (χ3v) is 7.50. The molecular weight excluding hydrogens is 405 g/mol. The fourth-order valence-corrected chi connectivity index (χ4v) is 5.36. The second-order valence-corrected chi connectivity index (χ2v) is 10.6. The van der Waals surface area contributed by atoms with Gasteiger partial charge in [0.05, 0.1) is 12.7 Å². The molecule has 0 aromatic rings. The monoisotopic (exact) mass is 463 g/mol. The van der Waals surface area contributed by atoms with Crippen molar-refractivity contribution < 1.29 is 9.84 Å². The van der Waals surface area contributed by atoms with E-state index >= 15 is 0 Å². The van der Waals surface area contributed by atoms with E-state index in [9.17, 15) is 5.11 Å². The number of hydrogen-bond donors (Lipinski definition) is 1. The minimum Gasteiger partial charge on any atom is -0.394 e. The molecule has 1 saturated heterocycles. The van der Waals surface area contributed by atoms with Gasteiger partial charge < -0.3 is 9.84 Å². The molecule has 1 rings (SSSR count). The van der Waals surface area contributed by atoms with Crippen molar-refractivity contribution in [3.8, 4) is 0 Å². The summed E-state index contributed by atoms with van der Waals surface area (Å²) in [6.45, 7) is 6.92. The minimum atomic E-state index is -0.213. The first kappa shape index (κ1) is 31.0. The van der Waals surface area contributed by atoms with Crippen molar-refractivity contribution in [2.24, 2.45) is 0 Å². The first-order valence-corrected chi connectivity index (χ1v) is 15.0. The lowest BCUT2D eigenvalue weighted by atomic mass is 9.93. The summed E-state index contributed by atoms with van der Waals surface area (Å²) in [6, 6.07) is 0.0807. The zero-order valence-corrected chi connectivity index (χ0v) is 22.6. The summed E-state index contributed by atoms with van der Waals surface area (Å²) >= 11 is 0. The van der Waals surface area contributed by atoms with Gasteiger partial charge >= 0.3 is 0 Å². The normalized spacial score (nSPS) is 20.8. The van der Waals surface area contributed by atoms with E-state index in [1.165, 1.54) is 128 Å². The topological polar surface area (TPSA) is 32.7 Å². The molecule has 1 N–H and O–H groups in total. The first-order valence-electron chi connectivity index (χ1n) is 15.0. The molecule has 0 bridgehead atoms. The lowest BCUT2D eigenvalue weighted by Crippen LogP contribution is -2.43. The van der Waals surface area contributed by atoms with E-state index in [-0.39, 0.29) is 18.7 Å². The van der Waals surface area contributed by atoms with Crippen molar-refractivity contribution in [3.63, 3.8) is 0 Å². The fourth-order valence-electron chi connectivity index (χ4n) is 5.36. The number of hydrogen-bond acceptors (Lipinski definition) is 3. The summed E-state index contributed by atoms with van der Waals surface area (Å²) in [7, 11) is 6.08. The molecule has 1 fully saturated rings. The zero-order chi connectivity index (χ0) is 24.0. The molecule has 194 valence electrons. The lowest BCUT2D eigenvalue weighted by Gasteiger charge is -2.31. The van der Waals surface area contributed by atoms with Crippen LogP contribution in [-0.4, -0.2) is 55.7 Å². The van der Waals surface area contributed by atoms with Gasteiger partial charge in [0.25, 0.3) is 0 Å². The second kappa shape index (κ2) is 22.4. The molecule has 1 unspecified atom stereocenters. The predicted molar refractivity (Wildman–Crippen MR) is 145 cm³/mol. The SMILES string of the molecule is [B][C@H]1CC(N(CCCCCCCCCCCC)CCCCCCCCCCCC)[C@@H](CO)O1. The maximum Gasteiger partial charge on any atom is 0.109 e. The highest BCUT2D eigenvalue weighted by atomic mass is 16.5. The van der Waals surface area contributed by atoms with E-state index in [2.05, 4.69) is 18.7 Å². The molecule has 0 aliphatic carbocycles. The third-order valence-electron chi connectivity index (χ3n) is 7.50. The van der Waals surface area contributed by atoms with Crippen LogP contribution in [0.25, 0.3) is 0 Å². The van der Waals surface area contributed by atoms with Gasteiger partial charge in [-0.3, -0.25) is 4.90 Å². The van der Waals surface area contributed by atoms with Crippen LogP contribution in [0.15, 0.2) is 0 Å². The number of nitrogens with zero attached hydrogens (tertiary/aromatic N) is 1. The van der Waals surface area contributed by atoms with Crippen LogP contribution in [0.5, 0.6) is 0 Å². The highest BCUT2D eigenvalue weighted by Gasteiger charge is 2.35. The van der Waals surface area contributed by atoms with Gasteiger partial charge in [-0.2, -0.15) is 0 Å². The summed E-state index contributed by atoms with van der Waals surface area (Å²) in [4.78, 5) is 2.60. The summed E-state index contributed by atoms with van der Waals surface area (Å²) in [5.74, 6) is 0. The van der Waals surface area contributed by atoms with E-state index in [4.69, 9.17) is 12.6 Å². The number of aliphatic hydroxyl groups excluding tert-OH is 1. The van der Waals surface area contributed by atoms with Crippen molar-refractivity contribution in [2.45, 2.75) is 167 Å². The number of unbranched alkanes of at least 4 members (excludes halogenated alkanes) is 18. The minimum absolute atomic E-state index is 0.0882. The van der Waals surface area contributed by atoms with Crippen LogP contribution in [0.4, 0.5) is 0 Å². The van der Waals surface area contributed by atoms with Crippen LogP contribution in [0, 0.1) is 0 Å². The molecule has 1 heterocycles. The molecule has 33 heavy (non-hydrogen) atoms. The number of ether oxygens (including phenoxy) is 1. The fraction of sp³-hybridized carbons (Fsp3) is 1.00. The summed E-state index contributed by atoms with van der Waals surface area (Å²) in [5.41, 5.74) is 0. The third kappa shape index (κ3) is 16.3. The van der Waals surface area contributed by atoms with Crippen LogP contribution in [-0.2, 0) is 4.74 Å². The van der Waals surface area contributed by atoms with Crippen LogP contribution >= 0.6 is 0 Å². The van der Waals surface area contributed by atoms with Gasteiger partial charge in [0.1, 0.15) is 7.85 Å². The molecule has 3 nitrogen and oxygen atoms in total. The maximum absolute atomic E-state index is 9.79. The molecular formula is C29H58BNO2. The Morgan fingerprint density at radius 1 is 0.636 bits per heavy atom. The Hall–Kier alpha value is -0.0551. The molecule has 0 aromatic heterocycles. The average Bonchev–Trinajstić information content (AvgIpc) is 3.20. The van der Waals surface area contributed by atoms with E-state index in [1.807, 2.05) is 0 Å². The van der Waals surface area contributed by atoms with E-state index in [0.717, 1.165) is 19.5 Å². The Kier molecular flexibility index (Phi) is 21.0. The largest absolute Gasteiger partial charge is 0.394 e. The van der Waals surface area contributed by atoms with Crippen molar-refractivity contribution in [1.29, 1.82) is 0 Å². The Labute approximate surface area is 209 Å². The highest BCUT2D eigenvalue weighted by Crippen LogP contribution is 2.25. The molecule has 0 saturated carbocycles. The van der Waals surface area contributed by atoms with Gasteiger partial charge in [0.15, 0.2) is 0 Å². The second-order valence-electron chi connectivity index (χ2n) is 10.6. The first-order chi connectivity index (χ1) is 16.2. The zero-order valence-electron chi connectivity index (χ0n) is 22.6. The van der Waals surface area contributed by atoms with Crippen LogP contribution in [0.2, 0.25) is 0 Å². The molecule has 1 aliphatic rings. The standard InChI is InChI=1S/C29H58BNO2/c1-3-5-7-9-11-13-15-17-19-21-23-31(27-25-29(30)33-28(27)26-32)24-22-20-18-16-14-12-10-8-6-4-2/h27-29,32H,3-26H2,1-2H3/t27?,28-,29-/m1/s1. The predicted octanol–water partition coefficient (Wildman–Crippen LogP) is 7.77. The van der Waals surface area contributed by atoms with Crippen LogP contribution < -0.4 is 0 Å². The van der Waals surface area contributed by atoms with Crippen molar-refractivity contribution >= 4 is 7.85 Å².